The lowest BCUT2D eigenvalue weighted by Crippen LogP contribution is -2.27. The third-order valence-corrected chi connectivity index (χ3v) is 5.21. The Bertz CT molecular complexity index is 669. The first-order valence-electron chi connectivity index (χ1n) is 7.44. The van der Waals surface area contributed by atoms with Crippen LogP contribution in [0.25, 0.3) is 0 Å². The van der Waals surface area contributed by atoms with Crippen LogP contribution in [0.3, 0.4) is 0 Å². The number of aromatic nitrogens is 3. The molecule has 0 saturated heterocycles. The minimum Gasteiger partial charge on any atom is -0.347 e. The van der Waals surface area contributed by atoms with Gasteiger partial charge in [0, 0.05) is 24.4 Å². The molecule has 1 heterocycles. The number of amides is 1. The number of hydrogen-bond donors (Lipinski definition) is 0. The molecule has 1 amide bonds. The Morgan fingerprint density at radius 3 is 2.52 bits per heavy atom. The van der Waals surface area contributed by atoms with Crippen molar-refractivity contribution >= 4 is 29.3 Å². The van der Waals surface area contributed by atoms with Crippen LogP contribution in [0.2, 0.25) is 5.02 Å². The Hall–Kier alpha value is -1.53. The van der Waals surface area contributed by atoms with E-state index in [2.05, 4.69) is 17.1 Å². The lowest BCUT2D eigenvalue weighted by Gasteiger charge is -2.17. The number of carbonyl (C=O) groups is 1. The van der Waals surface area contributed by atoms with E-state index in [0.29, 0.717) is 0 Å². The Kier molecular flexibility index (Phi) is 6.07. The van der Waals surface area contributed by atoms with Gasteiger partial charge in [-0.3, -0.25) is 9.36 Å². The summed E-state index contributed by atoms with van der Waals surface area (Å²) < 4.78 is 1.87. The van der Waals surface area contributed by atoms with E-state index >= 15 is 0 Å². The fourth-order valence-electron chi connectivity index (χ4n) is 2.10. The van der Waals surface area contributed by atoms with Gasteiger partial charge in [-0.15, -0.1) is 10.2 Å². The van der Waals surface area contributed by atoms with E-state index in [4.69, 9.17) is 11.6 Å². The topological polar surface area (TPSA) is 51.0 Å². The van der Waals surface area contributed by atoms with E-state index in [1.807, 2.05) is 35.8 Å². The van der Waals surface area contributed by atoms with Crippen LogP contribution in [0, 0.1) is 6.92 Å². The normalized spacial score (nSPS) is 12.2. The molecule has 0 unspecified atom stereocenters. The Labute approximate surface area is 146 Å². The molecule has 0 radical (unpaired) electrons. The molecule has 0 spiro atoms. The highest BCUT2D eigenvalue weighted by Crippen LogP contribution is 2.37. The van der Waals surface area contributed by atoms with Gasteiger partial charge in [-0.05, 0) is 31.0 Å². The molecule has 0 bridgehead atoms. The maximum atomic E-state index is 12.0. The smallest absolute Gasteiger partial charge is 0.242 e. The van der Waals surface area contributed by atoms with Gasteiger partial charge in [0.25, 0.3) is 0 Å². The van der Waals surface area contributed by atoms with Gasteiger partial charge in [0.05, 0.1) is 0 Å². The second-order valence-electron chi connectivity index (χ2n) is 5.47. The molecule has 5 nitrogen and oxygen atoms in total. The number of rotatable bonds is 6. The van der Waals surface area contributed by atoms with Crippen LogP contribution in [0.5, 0.6) is 0 Å². The van der Waals surface area contributed by atoms with Gasteiger partial charge in [-0.1, -0.05) is 42.4 Å². The SMILES string of the molecule is CC[C@@H](Sc1nnc(C)n1CC(=O)N(C)C)c1ccc(Cl)cc1. The molecule has 2 rings (SSSR count). The van der Waals surface area contributed by atoms with Crippen LogP contribution in [0.15, 0.2) is 29.4 Å². The van der Waals surface area contributed by atoms with E-state index in [1.54, 1.807) is 30.8 Å². The number of thioether (sulfide) groups is 1. The summed E-state index contributed by atoms with van der Waals surface area (Å²) in [6, 6.07) is 7.85. The number of hydrogen-bond acceptors (Lipinski definition) is 4. The molecule has 1 atom stereocenters. The number of likely N-dealkylation sites (N-methyl/N-ethyl adjacent to an activating group) is 1. The summed E-state index contributed by atoms with van der Waals surface area (Å²) in [6.07, 6.45) is 0.944. The predicted molar refractivity (Wildman–Crippen MR) is 93.8 cm³/mol. The maximum absolute atomic E-state index is 12.0. The molecule has 0 fully saturated rings. The lowest BCUT2D eigenvalue weighted by atomic mass is 10.1. The molecule has 0 aliphatic rings. The molecule has 0 aliphatic carbocycles. The van der Waals surface area contributed by atoms with Crippen molar-refractivity contribution in [2.75, 3.05) is 14.1 Å². The molecule has 2 aromatic rings. The van der Waals surface area contributed by atoms with Crippen molar-refractivity contribution in [3.63, 3.8) is 0 Å². The lowest BCUT2D eigenvalue weighted by molar-refractivity contribution is -0.129. The fraction of sp³-hybridized carbons (Fsp3) is 0.438. The van der Waals surface area contributed by atoms with E-state index < -0.39 is 0 Å². The first-order valence-corrected chi connectivity index (χ1v) is 8.70. The molecule has 0 aliphatic heterocycles. The van der Waals surface area contributed by atoms with Gasteiger partial charge in [0.1, 0.15) is 12.4 Å². The summed E-state index contributed by atoms with van der Waals surface area (Å²) in [6.45, 7) is 4.25. The number of aryl methyl sites for hydroxylation is 1. The van der Waals surface area contributed by atoms with Crippen LogP contribution < -0.4 is 0 Å². The standard InChI is InChI=1S/C16H21ClN4OS/c1-5-14(12-6-8-13(17)9-7-12)23-16-19-18-11(2)21(16)10-15(22)20(3)4/h6-9,14H,5,10H2,1-4H3/t14-/m1/s1. The third kappa shape index (κ3) is 4.48. The second-order valence-corrected chi connectivity index (χ2v) is 7.08. The molecule has 23 heavy (non-hydrogen) atoms. The molecular weight excluding hydrogens is 332 g/mol. The van der Waals surface area contributed by atoms with Crippen molar-refractivity contribution < 1.29 is 4.79 Å². The van der Waals surface area contributed by atoms with E-state index in [0.717, 1.165) is 22.4 Å². The van der Waals surface area contributed by atoms with Crippen LogP contribution in [0.1, 0.15) is 30.0 Å². The van der Waals surface area contributed by atoms with Gasteiger partial charge in [0.15, 0.2) is 5.16 Å². The molecule has 7 heteroatoms. The highest BCUT2D eigenvalue weighted by atomic mass is 35.5. The van der Waals surface area contributed by atoms with Crippen molar-refractivity contribution in [2.45, 2.75) is 37.2 Å². The van der Waals surface area contributed by atoms with Crippen molar-refractivity contribution in [1.29, 1.82) is 0 Å². The number of halogens is 1. The van der Waals surface area contributed by atoms with Crippen LogP contribution in [-0.2, 0) is 11.3 Å². The zero-order chi connectivity index (χ0) is 17.0. The average Bonchev–Trinajstić information content (AvgIpc) is 2.86. The van der Waals surface area contributed by atoms with Gasteiger partial charge in [-0.2, -0.15) is 0 Å². The zero-order valence-electron chi connectivity index (χ0n) is 13.8. The highest BCUT2D eigenvalue weighted by molar-refractivity contribution is 7.99. The fourth-order valence-corrected chi connectivity index (χ4v) is 3.35. The largest absolute Gasteiger partial charge is 0.347 e. The molecular formula is C16H21ClN4OS. The minimum atomic E-state index is 0.0225. The van der Waals surface area contributed by atoms with Gasteiger partial charge < -0.3 is 4.90 Å². The van der Waals surface area contributed by atoms with Crippen LogP contribution >= 0.6 is 23.4 Å². The summed E-state index contributed by atoms with van der Waals surface area (Å²) in [4.78, 5) is 13.6. The molecule has 124 valence electrons. The summed E-state index contributed by atoms with van der Waals surface area (Å²) >= 11 is 7.58. The highest BCUT2D eigenvalue weighted by Gasteiger charge is 2.19. The molecule has 0 N–H and O–H groups in total. The number of nitrogens with zero attached hydrogens (tertiary/aromatic N) is 4. The first kappa shape index (κ1) is 17.8. The van der Waals surface area contributed by atoms with Crippen LogP contribution in [-0.4, -0.2) is 39.7 Å². The Balaban J connectivity index is 2.21. The van der Waals surface area contributed by atoms with Crippen molar-refractivity contribution in [2.24, 2.45) is 0 Å². The minimum absolute atomic E-state index is 0.0225. The quantitative estimate of drug-likeness (QED) is 0.746. The van der Waals surface area contributed by atoms with Gasteiger partial charge in [-0.25, -0.2) is 0 Å². The summed E-state index contributed by atoms with van der Waals surface area (Å²) in [5.41, 5.74) is 1.19. The van der Waals surface area contributed by atoms with E-state index in [-0.39, 0.29) is 17.7 Å². The van der Waals surface area contributed by atoms with Gasteiger partial charge >= 0.3 is 0 Å². The van der Waals surface area contributed by atoms with Gasteiger partial charge in [0.2, 0.25) is 5.91 Å². The summed E-state index contributed by atoms with van der Waals surface area (Å²) in [7, 11) is 3.49. The van der Waals surface area contributed by atoms with Crippen molar-refractivity contribution in [1.82, 2.24) is 19.7 Å². The zero-order valence-corrected chi connectivity index (χ0v) is 15.4. The van der Waals surface area contributed by atoms with Crippen molar-refractivity contribution in [3.8, 4) is 0 Å². The number of benzene rings is 1. The predicted octanol–water partition coefficient (Wildman–Crippen LogP) is 3.57. The third-order valence-electron chi connectivity index (χ3n) is 3.55. The Morgan fingerprint density at radius 1 is 1.30 bits per heavy atom. The summed E-state index contributed by atoms with van der Waals surface area (Å²) in [5.74, 6) is 0.767. The maximum Gasteiger partial charge on any atom is 0.242 e. The van der Waals surface area contributed by atoms with Crippen molar-refractivity contribution in [3.05, 3.63) is 40.7 Å². The molecule has 1 aromatic heterocycles. The number of carbonyl (C=O) groups excluding carboxylic acids is 1. The Morgan fingerprint density at radius 2 is 1.96 bits per heavy atom. The second kappa shape index (κ2) is 7.84. The average molecular weight is 353 g/mol. The van der Waals surface area contributed by atoms with E-state index in [9.17, 15) is 4.79 Å². The van der Waals surface area contributed by atoms with Crippen LogP contribution in [0.4, 0.5) is 0 Å². The molecule has 0 saturated carbocycles. The molecule has 1 aromatic carbocycles. The monoisotopic (exact) mass is 352 g/mol. The van der Waals surface area contributed by atoms with E-state index in [1.165, 1.54) is 5.56 Å². The summed E-state index contributed by atoms with van der Waals surface area (Å²) in [5, 5.41) is 10.1. The first-order chi connectivity index (χ1) is 10.9.